The maximum absolute atomic E-state index is 5.69. The van der Waals surface area contributed by atoms with E-state index in [-0.39, 0.29) is 0 Å². The molecule has 1 aliphatic carbocycles. The average molecular weight is 336 g/mol. The lowest BCUT2D eigenvalue weighted by molar-refractivity contribution is 0.457. The van der Waals surface area contributed by atoms with E-state index in [1.807, 2.05) is 24.3 Å². The van der Waals surface area contributed by atoms with Crippen molar-refractivity contribution in [1.82, 2.24) is 15.5 Å². The van der Waals surface area contributed by atoms with Crippen LogP contribution in [0.25, 0.3) is 11.5 Å². The zero-order valence-electron chi connectivity index (χ0n) is 11.7. The van der Waals surface area contributed by atoms with Crippen LogP contribution in [0.2, 0.25) is 0 Å². The van der Waals surface area contributed by atoms with E-state index in [0.717, 1.165) is 22.5 Å². The van der Waals surface area contributed by atoms with Gasteiger partial charge in [0.15, 0.2) is 0 Å². The van der Waals surface area contributed by atoms with E-state index in [0.29, 0.717) is 23.7 Å². The Kier molecular flexibility index (Phi) is 3.65. The van der Waals surface area contributed by atoms with Crippen LogP contribution < -0.4 is 5.32 Å². The van der Waals surface area contributed by atoms with Gasteiger partial charge in [-0.3, -0.25) is 0 Å². The van der Waals surface area contributed by atoms with E-state index in [1.54, 1.807) is 0 Å². The van der Waals surface area contributed by atoms with Crippen LogP contribution in [0, 0.1) is 11.3 Å². The van der Waals surface area contributed by atoms with Gasteiger partial charge >= 0.3 is 0 Å². The van der Waals surface area contributed by atoms with Gasteiger partial charge in [0, 0.05) is 4.47 Å². The van der Waals surface area contributed by atoms with Crippen LogP contribution >= 0.6 is 15.9 Å². The first-order chi connectivity index (χ1) is 9.56. The van der Waals surface area contributed by atoms with E-state index < -0.39 is 0 Å². The first kappa shape index (κ1) is 13.8. The molecular formula is C15H18BrN3O. The molecule has 2 aromatic rings. The van der Waals surface area contributed by atoms with Crippen LogP contribution in [0.4, 0.5) is 0 Å². The van der Waals surface area contributed by atoms with Gasteiger partial charge in [-0.15, -0.1) is 10.2 Å². The van der Waals surface area contributed by atoms with Crippen molar-refractivity contribution in [3.05, 3.63) is 34.6 Å². The fraction of sp³-hybridized carbons (Fsp3) is 0.467. The van der Waals surface area contributed by atoms with Gasteiger partial charge in [0.25, 0.3) is 0 Å². The SMILES string of the molecule is CC1(C)CC1CNCc1nnc(-c2ccccc2Br)o1. The fourth-order valence-corrected chi connectivity index (χ4v) is 2.80. The van der Waals surface area contributed by atoms with Gasteiger partial charge in [-0.1, -0.05) is 26.0 Å². The lowest BCUT2D eigenvalue weighted by atomic mass is 10.1. The highest BCUT2D eigenvalue weighted by molar-refractivity contribution is 9.10. The van der Waals surface area contributed by atoms with Gasteiger partial charge in [-0.2, -0.15) is 0 Å². The Hall–Kier alpha value is -1.20. The van der Waals surface area contributed by atoms with Crippen LogP contribution in [0.1, 0.15) is 26.2 Å². The number of hydrogen-bond acceptors (Lipinski definition) is 4. The molecule has 1 aromatic carbocycles. The highest BCUT2D eigenvalue weighted by Crippen LogP contribution is 2.50. The minimum atomic E-state index is 0.502. The number of hydrogen-bond donors (Lipinski definition) is 1. The summed E-state index contributed by atoms with van der Waals surface area (Å²) in [6.07, 6.45) is 1.30. The molecule has 1 saturated carbocycles. The monoisotopic (exact) mass is 335 g/mol. The summed E-state index contributed by atoms with van der Waals surface area (Å²) in [4.78, 5) is 0. The van der Waals surface area contributed by atoms with Crippen LogP contribution in [-0.4, -0.2) is 16.7 Å². The predicted octanol–water partition coefficient (Wildman–Crippen LogP) is 3.63. The van der Waals surface area contributed by atoms with Gasteiger partial charge in [-0.05, 0) is 52.4 Å². The van der Waals surface area contributed by atoms with Crippen molar-refractivity contribution in [2.75, 3.05) is 6.54 Å². The number of rotatable bonds is 5. The van der Waals surface area contributed by atoms with Crippen molar-refractivity contribution in [3.63, 3.8) is 0 Å². The Morgan fingerprint density at radius 1 is 1.35 bits per heavy atom. The molecule has 0 radical (unpaired) electrons. The average Bonchev–Trinajstić information content (AvgIpc) is 2.83. The summed E-state index contributed by atoms with van der Waals surface area (Å²) in [5.41, 5.74) is 1.43. The highest BCUT2D eigenvalue weighted by atomic mass is 79.9. The molecule has 0 spiro atoms. The molecule has 4 nitrogen and oxygen atoms in total. The quantitative estimate of drug-likeness (QED) is 0.906. The Morgan fingerprint density at radius 2 is 2.10 bits per heavy atom. The summed E-state index contributed by atoms with van der Waals surface area (Å²) in [6.45, 7) is 6.25. The molecule has 1 aromatic heterocycles. The van der Waals surface area contributed by atoms with Gasteiger partial charge in [-0.25, -0.2) is 0 Å². The maximum Gasteiger partial charge on any atom is 0.248 e. The second kappa shape index (κ2) is 5.30. The molecule has 1 unspecified atom stereocenters. The Bertz CT molecular complexity index is 609. The molecule has 0 saturated heterocycles. The first-order valence-electron chi connectivity index (χ1n) is 6.84. The van der Waals surface area contributed by atoms with Crippen molar-refractivity contribution in [1.29, 1.82) is 0 Å². The van der Waals surface area contributed by atoms with Crippen LogP contribution in [0.3, 0.4) is 0 Å². The Labute approximate surface area is 127 Å². The highest BCUT2D eigenvalue weighted by Gasteiger charge is 2.44. The Morgan fingerprint density at radius 3 is 2.80 bits per heavy atom. The standard InChI is InChI=1S/C15H18BrN3O/c1-15(2)7-10(15)8-17-9-13-18-19-14(20-13)11-5-3-4-6-12(11)16/h3-6,10,17H,7-9H2,1-2H3. The molecule has 1 N–H and O–H groups in total. The van der Waals surface area contributed by atoms with Gasteiger partial charge in [0.2, 0.25) is 11.8 Å². The predicted molar refractivity (Wildman–Crippen MR) is 81.0 cm³/mol. The summed E-state index contributed by atoms with van der Waals surface area (Å²) in [6, 6.07) is 7.84. The minimum Gasteiger partial charge on any atom is -0.419 e. The molecule has 106 valence electrons. The number of benzene rings is 1. The molecule has 0 amide bonds. The van der Waals surface area contributed by atoms with Gasteiger partial charge in [0.05, 0.1) is 12.1 Å². The lowest BCUT2D eigenvalue weighted by Crippen LogP contribution is -2.18. The minimum absolute atomic E-state index is 0.502. The van der Waals surface area contributed by atoms with E-state index in [1.165, 1.54) is 6.42 Å². The molecule has 1 fully saturated rings. The molecule has 0 aliphatic heterocycles. The second-order valence-corrected chi connectivity index (χ2v) is 6.86. The van der Waals surface area contributed by atoms with E-state index in [2.05, 4.69) is 45.3 Å². The van der Waals surface area contributed by atoms with Crippen LogP contribution in [0.15, 0.2) is 33.2 Å². The second-order valence-electron chi connectivity index (χ2n) is 6.00. The molecule has 0 bridgehead atoms. The maximum atomic E-state index is 5.69. The van der Waals surface area contributed by atoms with Crippen molar-refractivity contribution in [3.8, 4) is 11.5 Å². The summed E-state index contributed by atoms with van der Waals surface area (Å²) >= 11 is 3.49. The molecular weight excluding hydrogens is 318 g/mol. The number of nitrogens with one attached hydrogen (secondary N) is 1. The number of nitrogens with zero attached hydrogens (tertiary/aromatic N) is 2. The van der Waals surface area contributed by atoms with Crippen LogP contribution in [-0.2, 0) is 6.54 Å². The summed E-state index contributed by atoms with van der Waals surface area (Å²) in [7, 11) is 0. The van der Waals surface area contributed by atoms with Crippen molar-refractivity contribution < 1.29 is 4.42 Å². The fourth-order valence-electron chi connectivity index (χ4n) is 2.35. The zero-order valence-corrected chi connectivity index (χ0v) is 13.3. The third kappa shape index (κ3) is 2.94. The van der Waals surface area contributed by atoms with Crippen molar-refractivity contribution >= 4 is 15.9 Å². The molecule has 1 atom stereocenters. The van der Waals surface area contributed by atoms with Crippen molar-refractivity contribution in [2.24, 2.45) is 11.3 Å². The summed E-state index contributed by atoms with van der Waals surface area (Å²) < 4.78 is 6.65. The molecule has 5 heteroatoms. The van der Waals surface area contributed by atoms with E-state index >= 15 is 0 Å². The third-order valence-corrected chi connectivity index (χ3v) is 4.65. The van der Waals surface area contributed by atoms with E-state index in [9.17, 15) is 0 Å². The summed E-state index contributed by atoms with van der Waals surface area (Å²) in [5, 5.41) is 11.6. The third-order valence-electron chi connectivity index (χ3n) is 3.96. The van der Waals surface area contributed by atoms with Gasteiger partial charge < -0.3 is 9.73 Å². The van der Waals surface area contributed by atoms with Gasteiger partial charge in [0.1, 0.15) is 0 Å². The Balaban J connectivity index is 1.59. The van der Waals surface area contributed by atoms with Crippen molar-refractivity contribution in [2.45, 2.75) is 26.8 Å². The molecule has 1 heterocycles. The normalized spacial score (nSPS) is 20.1. The number of aromatic nitrogens is 2. The van der Waals surface area contributed by atoms with E-state index in [4.69, 9.17) is 4.42 Å². The zero-order chi connectivity index (χ0) is 14.2. The smallest absolute Gasteiger partial charge is 0.248 e. The molecule has 20 heavy (non-hydrogen) atoms. The first-order valence-corrected chi connectivity index (χ1v) is 7.63. The number of halogens is 1. The topological polar surface area (TPSA) is 51.0 Å². The van der Waals surface area contributed by atoms with Crippen LogP contribution in [0.5, 0.6) is 0 Å². The lowest BCUT2D eigenvalue weighted by Gasteiger charge is -2.03. The summed E-state index contributed by atoms with van der Waals surface area (Å²) in [5.74, 6) is 1.96. The largest absolute Gasteiger partial charge is 0.419 e. The molecule has 1 aliphatic rings. The molecule has 3 rings (SSSR count).